The first-order chi connectivity index (χ1) is 6.37. The Balaban J connectivity index is 2.98. The third-order valence-electron chi connectivity index (χ3n) is 3.22. The van der Waals surface area contributed by atoms with E-state index in [1.165, 1.54) is 11.4 Å². The van der Waals surface area contributed by atoms with Crippen LogP contribution in [0.2, 0.25) is 0 Å². The summed E-state index contributed by atoms with van der Waals surface area (Å²) in [6.45, 7) is 15.8. The predicted octanol–water partition coefficient (Wildman–Crippen LogP) is 3.02. The fourth-order valence-corrected chi connectivity index (χ4v) is 2.71. The molecule has 0 aliphatic carbocycles. The Labute approximate surface area is 88.6 Å². The van der Waals surface area contributed by atoms with E-state index in [2.05, 4.69) is 58.3 Å². The van der Waals surface area contributed by atoms with Gasteiger partial charge < -0.3 is 9.80 Å². The third-order valence-corrected chi connectivity index (χ3v) is 3.22. The Morgan fingerprint density at radius 2 is 1.14 bits per heavy atom. The van der Waals surface area contributed by atoms with Gasteiger partial charge in [0.2, 0.25) is 0 Å². The summed E-state index contributed by atoms with van der Waals surface area (Å²) in [7, 11) is 0. The van der Waals surface area contributed by atoms with E-state index in [0.717, 1.165) is 0 Å². The molecule has 0 N–H and O–H groups in total. The molecule has 1 aliphatic heterocycles. The van der Waals surface area contributed by atoms with E-state index in [0.29, 0.717) is 18.2 Å². The first-order valence-corrected chi connectivity index (χ1v) is 5.62. The lowest BCUT2D eigenvalue weighted by Crippen LogP contribution is -2.43. The third kappa shape index (κ3) is 1.62. The van der Waals surface area contributed by atoms with Crippen LogP contribution in [0.25, 0.3) is 0 Å². The van der Waals surface area contributed by atoms with Gasteiger partial charge in [0.1, 0.15) is 0 Å². The predicted molar refractivity (Wildman–Crippen MR) is 61.8 cm³/mol. The van der Waals surface area contributed by atoms with Gasteiger partial charge in [-0.2, -0.15) is 0 Å². The van der Waals surface area contributed by atoms with Crippen LogP contribution in [0, 0.1) is 0 Å². The van der Waals surface area contributed by atoms with Crippen LogP contribution in [-0.4, -0.2) is 28.0 Å². The van der Waals surface area contributed by atoms with Crippen LogP contribution < -0.4 is 0 Å². The molecule has 82 valence electrons. The topological polar surface area (TPSA) is 6.48 Å². The Bertz CT molecular complexity index is 217. The second-order valence-corrected chi connectivity index (χ2v) is 4.80. The van der Waals surface area contributed by atoms with Crippen LogP contribution in [-0.2, 0) is 0 Å². The van der Waals surface area contributed by atoms with Gasteiger partial charge in [0, 0.05) is 23.5 Å². The van der Waals surface area contributed by atoms with Gasteiger partial charge in [-0.3, -0.25) is 0 Å². The maximum Gasteiger partial charge on any atom is 0.0987 e. The summed E-state index contributed by atoms with van der Waals surface area (Å²) in [4.78, 5) is 4.99. The average Bonchev–Trinajstić information content (AvgIpc) is 2.23. The molecule has 0 bridgehead atoms. The highest BCUT2D eigenvalue weighted by Gasteiger charge is 2.33. The zero-order valence-electron chi connectivity index (χ0n) is 10.6. The Morgan fingerprint density at radius 3 is 1.29 bits per heavy atom. The van der Waals surface area contributed by atoms with Crippen LogP contribution in [0.4, 0.5) is 0 Å². The van der Waals surface area contributed by atoms with Gasteiger partial charge in [-0.15, -0.1) is 0 Å². The molecule has 0 aromatic carbocycles. The number of rotatable bonds is 2. The molecule has 0 aromatic rings. The van der Waals surface area contributed by atoms with Crippen molar-refractivity contribution in [2.45, 2.75) is 66.7 Å². The Hall–Kier alpha value is -0.660. The molecule has 1 rings (SSSR count). The van der Waals surface area contributed by atoms with Crippen molar-refractivity contribution in [2.24, 2.45) is 0 Å². The number of allylic oxidation sites excluding steroid dienone is 2. The van der Waals surface area contributed by atoms with Crippen LogP contribution >= 0.6 is 0 Å². The average molecular weight is 196 g/mol. The van der Waals surface area contributed by atoms with E-state index in [1.807, 2.05) is 0 Å². The van der Waals surface area contributed by atoms with E-state index < -0.39 is 0 Å². The van der Waals surface area contributed by atoms with Gasteiger partial charge >= 0.3 is 0 Å². The largest absolute Gasteiger partial charge is 0.351 e. The highest BCUT2D eigenvalue weighted by atomic mass is 15.4. The summed E-state index contributed by atoms with van der Waals surface area (Å²) < 4.78 is 0. The van der Waals surface area contributed by atoms with Crippen LogP contribution in [0.1, 0.15) is 48.5 Å². The first-order valence-electron chi connectivity index (χ1n) is 5.62. The summed E-state index contributed by atoms with van der Waals surface area (Å²) in [5.41, 5.74) is 2.86. The van der Waals surface area contributed by atoms with Gasteiger partial charge in [0.05, 0.1) is 6.17 Å². The van der Waals surface area contributed by atoms with E-state index in [1.54, 1.807) is 0 Å². The quantitative estimate of drug-likeness (QED) is 0.670. The second kappa shape index (κ2) is 3.84. The van der Waals surface area contributed by atoms with Crippen molar-refractivity contribution in [3.63, 3.8) is 0 Å². The van der Waals surface area contributed by atoms with E-state index >= 15 is 0 Å². The highest BCUT2D eigenvalue weighted by Crippen LogP contribution is 2.31. The van der Waals surface area contributed by atoms with Crippen molar-refractivity contribution in [3.8, 4) is 0 Å². The van der Waals surface area contributed by atoms with Crippen molar-refractivity contribution in [2.75, 3.05) is 0 Å². The molecule has 0 fully saturated rings. The van der Waals surface area contributed by atoms with Gasteiger partial charge in [0.15, 0.2) is 0 Å². The lowest BCUT2D eigenvalue weighted by atomic mass is 10.2. The van der Waals surface area contributed by atoms with Gasteiger partial charge in [-0.05, 0) is 48.5 Å². The smallest absolute Gasteiger partial charge is 0.0987 e. The van der Waals surface area contributed by atoms with Crippen molar-refractivity contribution in [1.29, 1.82) is 0 Å². The molecule has 0 unspecified atom stereocenters. The molecular formula is C12H24N2. The molecule has 14 heavy (non-hydrogen) atoms. The molecule has 2 heteroatoms. The maximum atomic E-state index is 2.50. The fraction of sp³-hybridized carbons (Fsp3) is 0.833. The molecular weight excluding hydrogens is 172 g/mol. The standard InChI is InChI=1S/C12H24N2/c1-8(2)13-10(5)11(6)14(9(3)4)12(13)7/h8-9,12H,1-7H3. The number of nitrogens with zero attached hydrogens (tertiary/aromatic N) is 2. The molecule has 0 radical (unpaired) electrons. The summed E-state index contributed by atoms with van der Waals surface area (Å²) in [6.07, 6.45) is 0.509. The SMILES string of the molecule is CC1=C(C)N(C(C)C)C(C)N1C(C)C. The molecule has 0 aromatic heterocycles. The number of hydrogen-bond acceptors (Lipinski definition) is 2. The van der Waals surface area contributed by atoms with Gasteiger partial charge in [-0.1, -0.05) is 0 Å². The minimum atomic E-state index is 0.509. The van der Waals surface area contributed by atoms with Crippen molar-refractivity contribution in [1.82, 2.24) is 9.80 Å². The van der Waals surface area contributed by atoms with Crippen molar-refractivity contribution in [3.05, 3.63) is 11.4 Å². The minimum Gasteiger partial charge on any atom is -0.351 e. The molecule has 0 spiro atoms. The molecule has 2 nitrogen and oxygen atoms in total. The zero-order valence-corrected chi connectivity index (χ0v) is 10.6. The normalized spacial score (nSPS) is 19.5. The van der Waals surface area contributed by atoms with Crippen LogP contribution in [0.15, 0.2) is 11.4 Å². The molecule has 0 atom stereocenters. The Morgan fingerprint density at radius 1 is 0.857 bits per heavy atom. The van der Waals surface area contributed by atoms with Gasteiger partial charge in [0.25, 0.3) is 0 Å². The fourth-order valence-electron chi connectivity index (χ4n) is 2.71. The van der Waals surface area contributed by atoms with E-state index in [4.69, 9.17) is 0 Å². The van der Waals surface area contributed by atoms with Crippen LogP contribution in [0.5, 0.6) is 0 Å². The van der Waals surface area contributed by atoms with Crippen molar-refractivity contribution < 1.29 is 0 Å². The maximum absolute atomic E-state index is 2.50. The van der Waals surface area contributed by atoms with Gasteiger partial charge in [-0.25, -0.2) is 0 Å². The summed E-state index contributed by atoms with van der Waals surface area (Å²) >= 11 is 0. The minimum absolute atomic E-state index is 0.509. The van der Waals surface area contributed by atoms with Crippen LogP contribution in [0.3, 0.4) is 0 Å². The molecule has 0 saturated carbocycles. The highest BCUT2D eigenvalue weighted by molar-refractivity contribution is 5.17. The van der Waals surface area contributed by atoms with E-state index in [9.17, 15) is 0 Å². The second-order valence-electron chi connectivity index (χ2n) is 4.80. The molecule has 1 heterocycles. The van der Waals surface area contributed by atoms with Crippen molar-refractivity contribution >= 4 is 0 Å². The Kier molecular flexibility index (Phi) is 3.13. The zero-order chi connectivity index (χ0) is 11.0. The number of hydrogen-bond donors (Lipinski definition) is 0. The summed E-state index contributed by atoms with van der Waals surface area (Å²) in [5.74, 6) is 0. The molecule has 0 saturated heterocycles. The monoisotopic (exact) mass is 196 g/mol. The van der Waals surface area contributed by atoms with E-state index in [-0.39, 0.29) is 0 Å². The summed E-state index contributed by atoms with van der Waals surface area (Å²) in [6, 6.07) is 1.17. The first kappa shape index (κ1) is 11.4. The lowest BCUT2D eigenvalue weighted by molar-refractivity contribution is 0.106. The molecule has 1 aliphatic rings. The summed E-state index contributed by atoms with van der Waals surface area (Å²) in [5, 5.41) is 0. The lowest BCUT2D eigenvalue weighted by Gasteiger charge is -2.36. The molecule has 0 amide bonds.